The average molecular weight is 1150 g/mol. The zero-order valence-corrected chi connectivity index (χ0v) is 45.3. The van der Waals surface area contributed by atoms with E-state index in [-0.39, 0.29) is 21.7 Å². The Bertz CT molecular complexity index is 2030. The van der Waals surface area contributed by atoms with Gasteiger partial charge in [0, 0.05) is 0 Å². The van der Waals surface area contributed by atoms with Gasteiger partial charge in [0.2, 0.25) is 0 Å². The molecular formula is C54H70HfI2. The van der Waals surface area contributed by atoms with Crippen LogP contribution in [0, 0.1) is 11.8 Å². The number of benzene rings is 4. The maximum absolute atomic E-state index is 3.87. The molecule has 2 saturated carbocycles. The molecule has 0 N–H and O–H groups in total. The molecule has 304 valence electrons. The molecule has 0 spiro atoms. The van der Waals surface area contributed by atoms with Crippen LogP contribution in [0.15, 0.2) is 60.7 Å². The molecule has 2 atom stereocenters. The number of fused-ring (bicyclic) bond motifs is 6. The van der Waals surface area contributed by atoms with Gasteiger partial charge in [-0.2, -0.15) is 0 Å². The van der Waals surface area contributed by atoms with Crippen LogP contribution in [0.2, 0.25) is 0 Å². The average Bonchev–Trinajstić information content (AvgIpc) is 3.65. The third kappa shape index (κ3) is 7.62. The minimum absolute atomic E-state index is 0.0433. The van der Waals surface area contributed by atoms with E-state index in [9.17, 15) is 0 Å². The van der Waals surface area contributed by atoms with E-state index >= 15 is 0 Å². The summed E-state index contributed by atoms with van der Waals surface area (Å²) in [4.78, 5) is 0. The van der Waals surface area contributed by atoms with Gasteiger partial charge in [0.05, 0.1) is 0 Å². The molecule has 4 aliphatic rings. The minimum atomic E-state index is -3.87. The Hall–Kier alpha value is -0.790. The molecule has 4 aromatic carbocycles. The Morgan fingerprint density at radius 1 is 0.421 bits per heavy atom. The second-order valence-corrected chi connectivity index (χ2v) is 73.9. The second-order valence-electron chi connectivity index (χ2n) is 22.8. The van der Waals surface area contributed by atoms with Gasteiger partial charge in [-0.15, -0.1) is 0 Å². The van der Waals surface area contributed by atoms with Gasteiger partial charge in [0.1, 0.15) is 0 Å². The molecule has 0 saturated heterocycles. The van der Waals surface area contributed by atoms with Crippen LogP contribution in [0.1, 0.15) is 204 Å². The Balaban J connectivity index is 1.46. The molecular weight excluding hydrogens is 1080 g/mol. The fraction of sp³-hybridized carbons (Fsp3) is 0.556. The van der Waals surface area contributed by atoms with Gasteiger partial charge < -0.3 is 0 Å². The molecule has 0 aliphatic heterocycles. The van der Waals surface area contributed by atoms with E-state index in [1.54, 1.807) is 44.5 Å². The van der Waals surface area contributed by atoms with Gasteiger partial charge >= 0.3 is 375 Å². The Labute approximate surface area is 370 Å². The monoisotopic (exact) mass is 1150 g/mol. The van der Waals surface area contributed by atoms with Gasteiger partial charge in [-0.25, -0.2) is 0 Å². The molecule has 0 heterocycles. The van der Waals surface area contributed by atoms with Gasteiger partial charge in [0.25, 0.3) is 0 Å². The zero-order chi connectivity index (χ0) is 41.0. The van der Waals surface area contributed by atoms with E-state index in [2.05, 4.69) is 180 Å². The standard InChI is InChI=1S/2C27H35.Hf.2HI/c2*1-26(2,3)19-12-14-21-22-15-13-20(27(4,5)6)17-24(22)25(23(21)16-19)18-10-8-7-9-11-18;;;/h2*12-16,18,25H,7-11H2,1-6H3;;2*1H/q;;+2;;/p-2. The molecule has 0 nitrogen and oxygen atoms in total. The zero-order valence-electron chi connectivity index (χ0n) is 37.4. The second kappa shape index (κ2) is 15.2. The third-order valence-electron chi connectivity index (χ3n) is 14.7. The van der Waals surface area contributed by atoms with E-state index in [0.29, 0.717) is 23.7 Å². The SMILES string of the molecule is CC(C)(C)c1ccc2c(c1)C(C1CCCCC1)c1c-2ccc(C(C)(C)C)[c]1[Hf]([I])([I])[c]1c(C(C)(C)C)ccc2c1C(C1CCCCC1)c1cc(C(C)(C)C)ccc1-2. The number of hydrogen-bond acceptors (Lipinski definition) is 0. The van der Waals surface area contributed by atoms with Crippen molar-refractivity contribution >= 4 is 42.9 Å². The molecule has 4 aliphatic carbocycles. The quantitative estimate of drug-likeness (QED) is 0.141. The summed E-state index contributed by atoms with van der Waals surface area (Å²) in [6.45, 7) is 29.5. The van der Waals surface area contributed by atoms with Crippen molar-refractivity contribution in [3.8, 4) is 22.3 Å². The first-order valence-corrected chi connectivity index (χ1v) is 46.6. The van der Waals surface area contributed by atoms with Crippen LogP contribution in [-0.4, -0.2) is 0 Å². The van der Waals surface area contributed by atoms with Crippen molar-refractivity contribution in [2.45, 2.75) is 181 Å². The fourth-order valence-electron chi connectivity index (χ4n) is 11.7. The third-order valence-corrected chi connectivity index (χ3v) is 40.7. The molecule has 2 fully saturated rings. The number of halogens is 2. The van der Waals surface area contributed by atoms with E-state index in [1.807, 2.05) is 6.64 Å². The van der Waals surface area contributed by atoms with Crippen LogP contribution in [-0.2, 0) is 33.3 Å². The van der Waals surface area contributed by atoms with Crippen LogP contribution < -0.4 is 6.64 Å². The molecule has 0 radical (unpaired) electrons. The van der Waals surface area contributed by atoms with E-state index < -0.39 is 11.7 Å². The fourth-order valence-corrected chi connectivity index (χ4v) is 41.9. The van der Waals surface area contributed by atoms with Crippen molar-refractivity contribution in [3.63, 3.8) is 0 Å². The molecule has 57 heavy (non-hydrogen) atoms. The first-order chi connectivity index (χ1) is 26.6. The van der Waals surface area contributed by atoms with Crippen molar-refractivity contribution in [1.82, 2.24) is 0 Å². The van der Waals surface area contributed by atoms with E-state index in [1.165, 1.54) is 86.5 Å². The molecule has 2 unspecified atom stereocenters. The molecule has 4 aromatic rings. The summed E-state index contributed by atoms with van der Waals surface area (Å²) in [7, 11) is 0. The summed E-state index contributed by atoms with van der Waals surface area (Å²) in [5, 5.41) is 0. The summed E-state index contributed by atoms with van der Waals surface area (Å²) in [5.41, 5.74) is 19.6. The normalized spacial score (nSPS) is 20.7. The summed E-state index contributed by atoms with van der Waals surface area (Å²) in [6, 6.07) is 25.8. The van der Waals surface area contributed by atoms with Crippen molar-refractivity contribution in [2.75, 3.05) is 0 Å². The van der Waals surface area contributed by atoms with Gasteiger partial charge in [-0.05, 0) is 0 Å². The summed E-state index contributed by atoms with van der Waals surface area (Å²) in [6.07, 6.45) is 13.7. The van der Waals surface area contributed by atoms with Gasteiger partial charge in [-0.3, -0.25) is 0 Å². The molecule has 8 rings (SSSR count). The number of hydrogen-bond donors (Lipinski definition) is 0. The maximum atomic E-state index is 3.23. The van der Waals surface area contributed by atoms with Crippen molar-refractivity contribution < 1.29 is 11.7 Å². The van der Waals surface area contributed by atoms with E-state index in [4.69, 9.17) is 0 Å². The molecule has 0 aromatic heterocycles. The van der Waals surface area contributed by atoms with Crippen LogP contribution in [0.5, 0.6) is 0 Å². The Kier molecular flexibility index (Phi) is 11.5. The van der Waals surface area contributed by atoms with Crippen LogP contribution in [0.3, 0.4) is 0 Å². The van der Waals surface area contributed by atoms with Crippen molar-refractivity contribution in [2.24, 2.45) is 11.8 Å². The predicted molar refractivity (Wildman–Crippen MR) is 263 cm³/mol. The van der Waals surface area contributed by atoms with Crippen molar-refractivity contribution in [3.05, 3.63) is 105 Å². The first kappa shape index (κ1) is 42.9. The summed E-state index contributed by atoms with van der Waals surface area (Å²) in [5.74, 6) is 2.38. The summed E-state index contributed by atoms with van der Waals surface area (Å²) < 4.78 is 3.68. The van der Waals surface area contributed by atoms with Crippen molar-refractivity contribution in [1.29, 1.82) is 0 Å². The Morgan fingerprint density at radius 3 is 1.07 bits per heavy atom. The molecule has 0 bridgehead atoms. The van der Waals surface area contributed by atoms with E-state index in [0.717, 1.165) is 0 Å². The van der Waals surface area contributed by atoms with Crippen LogP contribution >= 0.6 is 36.3 Å². The topological polar surface area (TPSA) is 0 Å². The Morgan fingerprint density at radius 2 is 0.754 bits per heavy atom. The van der Waals surface area contributed by atoms with Gasteiger partial charge in [-0.1, -0.05) is 0 Å². The van der Waals surface area contributed by atoms with Gasteiger partial charge in [0.15, 0.2) is 0 Å². The summed E-state index contributed by atoms with van der Waals surface area (Å²) >= 11 is 2.60. The first-order valence-electron chi connectivity index (χ1n) is 22.6. The van der Waals surface area contributed by atoms with Crippen LogP contribution in [0.25, 0.3) is 22.3 Å². The molecule has 0 amide bonds. The number of rotatable bonds is 4. The predicted octanol–water partition coefficient (Wildman–Crippen LogP) is 16.1. The van der Waals surface area contributed by atoms with Crippen LogP contribution in [0.4, 0.5) is 0 Å². The molecule has 3 heteroatoms.